The first-order valence-electron chi connectivity index (χ1n) is 14.2. The number of rotatable bonds is 9. The second-order valence-electron chi connectivity index (χ2n) is 10.3. The number of fused-ring (bicyclic) bond motifs is 1. The molecule has 2 aromatic carbocycles. The Morgan fingerprint density at radius 1 is 1.02 bits per heavy atom. The number of likely N-dealkylation sites (tertiary alicyclic amines) is 1. The van der Waals surface area contributed by atoms with E-state index in [1.54, 1.807) is 29.7 Å². The van der Waals surface area contributed by atoms with Gasteiger partial charge >= 0.3 is 0 Å². The van der Waals surface area contributed by atoms with E-state index in [2.05, 4.69) is 45.4 Å². The molecule has 218 valence electrons. The van der Waals surface area contributed by atoms with Crippen LogP contribution in [0.15, 0.2) is 66.8 Å². The molecule has 42 heavy (non-hydrogen) atoms. The Hall–Kier alpha value is -4.15. The van der Waals surface area contributed by atoms with Gasteiger partial charge in [-0.05, 0) is 47.4 Å². The molecule has 0 bridgehead atoms. The predicted molar refractivity (Wildman–Crippen MR) is 164 cm³/mol. The van der Waals surface area contributed by atoms with Gasteiger partial charge < -0.3 is 29.2 Å². The standard InChI is InChI=1S/C32H34N4O5S/c1-3-31(37)36-12-8-22(9-13-36)41-29-18-24-25(19-28(29)38-2)33-20-34-32(24)35-26-17-21(30-5-4-16-42-30)6-7-27(26)40-23-10-14-39-15-11-23/h3-7,16-20,22-23H,1,8-15H2,2H3,(H,33,34,35). The number of carbonyl (C=O) groups excluding carboxylic acids is 1. The molecule has 6 rings (SSSR count). The maximum Gasteiger partial charge on any atom is 0.245 e. The molecule has 2 fully saturated rings. The zero-order valence-corrected chi connectivity index (χ0v) is 24.4. The van der Waals surface area contributed by atoms with E-state index in [1.165, 1.54) is 11.0 Å². The number of ether oxygens (including phenoxy) is 4. The van der Waals surface area contributed by atoms with E-state index in [-0.39, 0.29) is 18.1 Å². The number of aromatic nitrogens is 2. The van der Waals surface area contributed by atoms with Crippen LogP contribution in [-0.4, -0.2) is 66.4 Å². The summed E-state index contributed by atoms with van der Waals surface area (Å²) in [5.41, 5.74) is 2.64. The largest absolute Gasteiger partial charge is 0.493 e. The first kappa shape index (κ1) is 28.0. The molecule has 0 atom stereocenters. The van der Waals surface area contributed by atoms with Crippen LogP contribution in [0.5, 0.6) is 17.2 Å². The Labute approximate surface area is 249 Å². The monoisotopic (exact) mass is 586 g/mol. The highest BCUT2D eigenvalue weighted by molar-refractivity contribution is 7.13. The molecule has 4 heterocycles. The van der Waals surface area contributed by atoms with E-state index < -0.39 is 0 Å². The van der Waals surface area contributed by atoms with Crippen molar-refractivity contribution in [3.63, 3.8) is 0 Å². The molecular formula is C32H34N4O5S. The van der Waals surface area contributed by atoms with Crippen molar-refractivity contribution in [3.8, 4) is 27.7 Å². The number of piperidine rings is 1. The van der Waals surface area contributed by atoms with Crippen LogP contribution >= 0.6 is 11.3 Å². The number of carbonyl (C=O) groups is 1. The van der Waals surface area contributed by atoms with Gasteiger partial charge in [-0.2, -0.15) is 0 Å². The van der Waals surface area contributed by atoms with Gasteiger partial charge in [-0.25, -0.2) is 9.97 Å². The Morgan fingerprint density at radius 2 is 1.81 bits per heavy atom. The molecule has 2 aromatic heterocycles. The first-order chi connectivity index (χ1) is 20.6. The third kappa shape index (κ3) is 6.19. The number of amides is 1. The van der Waals surface area contributed by atoms with Crippen LogP contribution in [0.4, 0.5) is 11.5 Å². The first-order valence-corrected chi connectivity index (χ1v) is 15.1. The van der Waals surface area contributed by atoms with E-state index in [4.69, 9.17) is 18.9 Å². The molecule has 4 aromatic rings. The normalized spacial score (nSPS) is 16.3. The van der Waals surface area contributed by atoms with Crippen LogP contribution in [0.3, 0.4) is 0 Å². The van der Waals surface area contributed by atoms with E-state index in [0.29, 0.717) is 43.6 Å². The minimum Gasteiger partial charge on any atom is -0.493 e. The Morgan fingerprint density at radius 3 is 2.55 bits per heavy atom. The second-order valence-corrected chi connectivity index (χ2v) is 11.3. The molecule has 0 saturated carbocycles. The number of anilines is 2. The molecule has 0 unspecified atom stereocenters. The van der Waals surface area contributed by atoms with E-state index in [1.807, 2.05) is 24.3 Å². The highest BCUT2D eigenvalue weighted by Gasteiger charge is 2.24. The molecule has 0 spiro atoms. The lowest BCUT2D eigenvalue weighted by molar-refractivity contribution is -0.127. The average molecular weight is 587 g/mol. The number of nitrogens with zero attached hydrogens (tertiary/aromatic N) is 3. The summed E-state index contributed by atoms with van der Waals surface area (Å²) in [6.45, 7) is 6.24. The number of methoxy groups -OCH3 is 1. The molecule has 9 nitrogen and oxygen atoms in total. The predicted octanol–water partition coefficient (Wildman–Crippen LogP) is 6.22. The van der Waals surface area contributed by atoms with Gasteiger partial charge in [0.05, 0.1) is 31.5 Å². The van der Waals surface area contributed by atoms with Crippen LogP contribution in [0, 0.1) is 0 Å². The Balaban J connectivity index is 1.31. The summed E-state index contributed by atoms with van der Waals surface area (Å²) in [5, 5.41) is 6.42. The highest BCUT2D eigenvalue weighted by atomic mass is 32.1. The van der Waals surface area contributed by atoms with Crippen molar-refractivity contribution in [1.29, 1.82) is 0 Å². The number of nitrogens with one attached hydrogen (secondary N) is 1. The molecule has 0 aliphatic carbocycles. The van der Waals surface area contributed by atoms with Crippen LogP contribution in [0.2, 0.25) is 0 Å². The minimum atomic E-state index is -0.0482. The van der Waals surface area contributed by atoms with Crippen molar-refractivity contribution in [3.05, 3.63) is 66.8 Å². The van der Waals surface area contributed by atoms with E-state index >= 15 is 0 Å². The van der Waals surface area contributed by atoms with Crippen molar-refractivity contribution in [1.82, 2.24) is 14.9 Å². The summed E-state index contributed by atoms with van der Waals surface area (Å²) in [4.78, 5) is 24.1. The lowest BCUT2D eigenvalue weighted by atomic mass is 10.1. The summed E-state index contributed by atoms with van der Waals surface area (Å²) in [6, 6.07) is 14.2. The molecule has 2 saturated heterocycles. The van der Waals surface area contributed by atoms with Gasteiger partial charge in [0, 0.05) is 55.1 Å². The highest BCUT2D eigenvalue weighted by Crippen LogP contribution is 2.39. The summed E-state index contributed by atoms with van der Waals surface area (Å²) in [6.07, 6.45) is 6.09. The molecule has 1 N–H and O–H groups in total. The SMILES string of the molecule is C=CC(=O)N1CCC(Oc2cc3c(Nc4cc(-c5cccs5)ccc4OC4CCOCC4)ncnc3cc2OC)CC1. The van der Waals surface area contributed by atoms with Crippen molar-refractivity contribution >= 4 is 39.7 Å². The number of hydrogen-bond acceptors (Lipinski definition) is 9. The zero-order chi connectivity index (χ0) is 28.9. The third-order valence-corrected chi connectivity index (χ3v) is 8.56. The minimum absolute atomic E-state index is 0.0480. The molecule has 0 radical (unpaired) electrons. The van der Waals surface area contributed by atoms with Crippen LogP contribution in [-0.2, 0) is 9.53 Å². The zero-order valence-electron chi connectivity index (χ0n) is 23.6. The number of thiophene rings is 1. The van der Waals surface area contributed by atoms with Gasteiger partial charge in [-0.3, -0.25) is 4.79 Å². The molecule has 1 amide bonds. The summed E-state index contributed by atoms with van der Waals surface area (Å²) in [7, 11) is 1.62. The smallest absolute Gasteiger partial charge is 0.245 e. The fraction of sp³-hybridized carbons (Fsp3) is 0.344. The quantitative estimate of drug-likeness (QED) is 0.231. The van der Waals surface area contributed by atoms with Crippen molar-refractivity contribution in [2.45, 2.75) is 37.9 Å². The molecule has 10 heteroatoms. The Kier molecular flexibility index (Phi) is 8.52. The molecule has 2 aliphatic heterocycles. The maximum absolute atomic E-state index is 12.0. The number of benzene rings is 2. The lowest BCUT2D eigenvalue weighted by Gasteiger charge is -2.31. The summed E-state index contributed by atoms with van der Waals surface area (Å²) in [5.74, 6) is 2.56. The van der Waals surface area contributed by atoms with Crippen molar-refractivity contribution in [2.75, 3.05) is 38.7 Å². The third-order valence-electron chi connectivity index (χ3n) is 7.64. The molecular weight excluding hydrogens is 552 g/mol. The average Bonchev–Trinajstić information content (AvgIpc) is 3.58. The van der Waals surface area contributed by atoms with E-state index in [0.717, 1.165) is 53.6 Å². The van der Waals surface area contributed by atoms with Crippen molar-refractivity contribution in [2.24, 2.45) is 0 Å². The summed E-state index contributed by atoms with van der Waals surface area (Å²) < 4.78 is 24.1. The maximum atomic E-state index is 12.0. The fourth-order valence-electron chi connectivity index (χ4n) is 5.35. The van der Waals surface area contributed by atoms with Gasteiger partial charge in [0.1, 0.15) is 30.1 Å². The van der Waals surface area contributed by atoms with E-state index in [9.17, 15) is 4.79 Å². The van der Waals surface area contributed by atoms with Crippen LogP contribution < -0.4 is 19.5 Å². The van der Waals surface area contributed by atoms with Gasteiger partial charge in [-0.1, -0.05) is 12.6 Å². The fourth-order valence-corrected chi connectivity index (χ4v) is 6.07. The topological polar surface area (TPSA) is 95.0 Å². The Bertz CT molecular complexity index is 1550. The van der Waals surface area contributed by atoms with Gasteiger partial charge in [0.25, 0.3) is 0 Å². The van der Waals surface area contributed by atoms with Gasteiger partial charge in [0.15, 0.2) is 11.5 Å². The van der Waals surface area contributed by atoms with Crippen LogP contribution in [0.25, 0.3) is 21.3 Å². The van der Waals surface area contributed by atoms with Crippen molar-refractivity contribution < 1.29 is 23.7 Å². The summed E-state index contributed by atoms with van der Waals surface area (Å²) >= 11 is 1.69. The lowest BCUT2D eigenvalue weighted by Crippen LogP contribution is -2.41. The second kappa shape index (κ2) is 12.8. The van der Waals surface area contributed by atoms with Gasteiger partial charge in [-0.15, -0.1) is 11.3 Å². The van der Waals surface area contributed by atoms with Crippen LogP contribution in [0.1, 0.15) is 25.7 Å². The van der Waals surface area contributed by atoms with Gasteiger partial charge in [0.2, 0.25) is 5.91 Å². The molecule has 2 aliphatic rings. The number of hydrogen-bond donors (Lipinski definition) is 1.